The van der Waals surface area contributed by atoms with Gasteiger partial charge in [-0.2, -0.15) is 0 Å². The van der Waals surface area contributed by atoms with Crippen LogP contribution in [0, 0.1) is 0 Å². The Kier molecular flexibility index (Phi) is 8.20. The van der Waals surface area contributed by atoms with E-state index >= 15 is 0 Å². The van der Waals surface area contributed by atoms with Crippen molar-refractivity contribution in [3.63, 3.8) is 0 Å². The molecule has 1 N–H and O–H groups in total. The normalized spacial score (nSPS) is 15.9. The van der Waals surface area contributed by atoms with Gasteiger partial charge in [-0.3, -0.25) is 0 Å². The van der Waals surface area contributed by atoms with Crippen molar-refractivity contribution in [2.24, 2.45) is 0 Å². The first kappa shape index (κ1) is 13.9. The first-order valence-corrected chi connectivity index (χ1v) is 6.06. The van der Waals surface area contributed by atoms with Gasteiger partial charge in [-0.05, 0) is 46.8 Å². The molecule has 0 heterocycles. The van der Waals surface area contributed by atoms with Gasteiger partial charge in [0.15, 0.2) is 0 Å². The maximum atomic E-state index is 3.38. The van der Waals surface area contributed by atoms with Crippen LogP contribution in [0.4, 0.5) is 0 Å². The minimum Gasteiger partial charge on any atom is -0.317 e. The summed E-state index contributed by atoms with van der Waals surface area (Å²) >= 11 is 0. The Morgan fingerprint density at radius 3 is 2.14 bits per heavy atom. The van der Waals surface area contributed by atoms with Crippen molar-refractivity contribution in [1.82, 2.24) is 10.2 Å². The van der Waals surface area contributed by atoms with Gasteiger partial charge in [-0.15, -0.1) is 0 Å². The molecule has 0 bridgehead atoms. The van der Waals surface area contributed by atoms with E-state index in [1.54, 1.807) is 0 Å². The summed E-state index contributed by atoms with van der Waals surface area (Å²) in [7, 11) is 2.25. The Morgan fingerprint density at radius 1 is 1.07 bits per heavy atom. The zero-order chi connectivity index (χ0) is 11.0. The molecule has 2 heteroatoms. The van der Waals surface area contributed by atoms with Gasteiger partial charge in [0.1, 0.15) is 0 Å². The molecule has 0 amide bonds. The molecule has 0 rings (SSSR count). The largest absolute Gasteiger partial charge is 0.317 e. The predicted molar refractivity (Wildman–Crippen MR) is 64.8 cm³/mol. The number of rotatable bonds is 8. The smallest absolute Gasteiger partial charge is 0.00787 e. The average molecular weight is 200 g/mol. The molecule has 0 aliphatic carbocycles. The third kappa shape index (κ3) is 5.61. The summed E-state index contributed by atoms with van der Waals surface area (Å²) in [4.78, 5) is 2.50. The van der Waals surface area contributed by atoms with Crippen molar-refractivity contribution < 1.29 is 0 Å². The summed E-state index contributed by atoms with van der Waals surface area (Å²) in [6, 6.07) is 1.41. The van der Waals surface area contributed by atoms with E-state index < -0.39 is 0 Å². The first-order valence-electron chi connectivity index (χ1n) is 6.06. The molecular weight excluding hydrogens is 172 g/mol. The van der Waals surface area contributed by atoms with Crippen molar-refractivity contribution in [1.29, 1.82) is 0 Å². The number of hydrogen-bond donors (Lipinski definition) is 1. The molecule has 0 saturated carbocycles. The van der Waals surface area contributed by atoms with Gasteiger partial charge in [0, 0.05) is 12.1 Å². The Bertz CT molecular complexity index is 125. The fraction of sp³-hybridized carbons (Fsp3) is 1.00. The zero-order valence-corrected chi connectivity index (χ0v) is 10.6. The second-order valence-corrected chi connectivity index (χ2v) is 4.29. The molecule has 14 heavy (non-hydrogen) atoms. The summed E-state index contributed by atoms with van der Waals surface area (Å²) in [5, 5.41) is 3.38. The van der Waals surface area contributed by atoms with E-state index in [-0.39, 0.29) is 0 Å². The van der Waals surface area contributed by atoms with Crippen molar-refractivity contribution >= 4 is 0 Å². The molecule has 2 nitrogen and oxygen atoms in total. The minimum atomic E-state index is 0.690. The summed E-state index contributed by atoms with van der Waals surface area (Å²) in [5.41, 5.74) is 0. The van der Waals surface area contributed by atoms with Gasteiger partial charge >= 0.3 is 0 Å². The Morgan fingerprint density at radius 2 is 1.64 bits per heavy atom. The molecular formula is C12H28N2. The standard InChI is InChI=1S/C12H28N2/c1-6-8-11(3)14(5)12(4)9-10-13-7-2/h11-13H,6-10H2,1-5H3. The Hall–Kier alpha value is -0.0800. The molecule has 0 aliphatic heterocycles. The van der Waals surface area contributed by atoms with Crippen LogP contribution < -0.4 is 5.32 Å². The Labute approximate surface area is 90.1 Å². The van der Waals surface area contributed by atoms with Gasteiger partial charge in [0.05, 0.1) is 0 Å². The van der Waals surface area contributed by atoms with Crippen molar-refractivity contribution in [2.75, 3.05) is 20.1 Å². The van der Waals surface area contributed by atoms with Crippen LogP contribution in [0.3, 0.4) is 0 Å². The van der Waals surface area contributed by atoms with E-state index in [0.29, 0.717) is 6.04 Å². The third-order valence-corrected chi connectivity index (χ3v) is 3.09. The number of nitrogens with one attached hydrogen (secondary N) is 1. The molecule has 86 valence electrons. The summed E-state index contributed by atoms with van der Waals surface area (Å²) in [5.74, 6) is 0. The Balaban J connectivity index is 3.68. The van der Waals surface area contributed by atoms with E-state index in [1.807, 2.05) is 0 Å². The molecule has 0 radical (unpaired) electrons. The highest BCUT2D eigenvalue weighted by Crippen LogP contribution is 2.09. The predicted octanol–water partition coefficient (Wildman–Crippen LogP) is 2.49. The van der Waals surface area contributed by atoms with Gasteiger partial charge in [0.2, 0.25) is 0 Å². The highest BCUT2D eigenvalue weighted by molar-refractivity contribution is 4.70. The molecule has 0 aromatic rings. The number of hydrogen-bond acceptors (Lipinski definition) is 2. The topological polar surface area (TPSA) is 15.3 Å². The SMILES string of the molecule is CCCC(C)N(C)C(C)CCNCC. The molecule has 0 aromatic heterocycles. The van der Waals surface area contributed by atoms with Crippen molar-refractivity contribution in [3.8, 4) is 0 Å². The van der Waals surface area contributed by atoms with Crippen LogP contribution in [-0.4, -0.2) is 37.1 Å². The van der Waals surface area contributed by atoms with Gasteiger partial charge in [0.25, 0.3) is 0 Å². The van der Waals surface area contributed by atoms with Gasteiger partial charge in [-0.1, -0.05) is 20.3 Å². The maximum Gasteiger partial charge on any atom is 0.00787 e. The first-order chi connectivity index (χ1) is 6.63. The second-order valence-electron chi connectivity index (χ2n) is 4.29. The lowest BCUT2D eigenvalue weighted by Crippen LogP contribution is -2.38. The lowest BCUT2D eigenvalue weighted by molar-refractivity contribution is 0.178. The quantitative estimate of drug-likeness (QED) is 0.606. The minimum absolute atomic E-state index is 0.690. The van der Waals surface area contributed by atoms with Gasteiger partial charge < -0.3 is 10.2 Å². The molecule has 0 aromatic carbocycles. The van der Waals surface area contributed by atoms with Crippen LogP contribution in [0.5, 0.6) is 0 Å². The van der Waals surface area contributed by atoms with Crippen LogP contribution in [0.2, 0.25) is 0 Å². The fourth-order valence-corrected chi connectivity index (χ4v) is 1.75. The monoisotopic (exact) mass is 200 g/mol. The third-order valence-electron chi connectivity index (χ3n) is 3.09. The lowest BCUT2D eigenvalue weighted by Gasteiger charge is -2.30. The van der Waals surface area contributed by atoms with E-state index in [0.717, 1.165) is 19.1 Å². The van der Waals surface area contributed by atoms with Crippen molar-refractivity contribution in [3.05, 3.63) is 0 Å². The average Bonchev–Trinajstić information content (AvgIpc) is 2.17. The molecule has 2 atom stereocenters. The van der Waals surface area contributed by atoms with Crippen LogP contribution >= 0.6 is 0 Å². The van der Waals surface area contributed by atoms with Gasteiger partial charge in [-0.25, -0.2) is 0 Å². The van der Waals surface area contributed by atoms with Crippen molar-refractivity contribution in [2.45, 2.75) is 59.0 Å². The molecule has 0 saturated heterocycles. The lowest BCUT2D eigenvalue weighted by atomic mass is 10.1. The number of nitrogens with zero attached hydrogens (tertiary/aromatic N) is 1. The molecule has 0 spiro atoms. The van der Waals surface area contributed by atoms with E-state index in [9.17, 15) is 0 Å². The fourth-order valence-electron chi connectivity index (χ4n) is 1.75. The van der Waals surface area contributed by atoms with Crippen LogP contribution in [-0.2, 0) is 0 Å². The van der Waals surface area contributed by atoms with Crippen LogP contribution in [0.15, 0.2) is 0 Å². The molecule has 0 fully saturated rings. The summed E-state index contributed by atoms with van der Waals surface area (Å²) in [6.45, 7) is 11.3. The molecule has 2 unspecified atom stereocenters. The summed E-state index contributed by atoms with van der Waals surface area (Å²) in [6.07, 6.45) is 3.84. The highest BCUT2D eigenvalue weighted by atomic mass is 15.1. The van der Waals surface area contributed by atoms with Crippen LogP contribution in [0.25, 0.3) is 0 Å². The maximum absolute atomic E-state index is 3.38. The zero-order valence-electron chi connectivity index (χ0n) is 10.6. The van der Waals surface area contributed by atoms with E-state index in [1.165, 1.54) is 19.3 Å². The molecule has 0 aliphatic rings. The second kappa shape index (κ2) is 8.25. The van der Waals surface area contributed by atoms with E-state index in [2.05, 4.69) is 45.0 Å². The highest BCUT2D eigenvalue weighted by Gasteiger charge is 2.14. The van der Waals surface area contributed by atoms with Crippen LogP contribution in [0.1, 0.15) is 47.0 Å². The summed E-state index contributed by atoms with van der Waals surface area (Å²) < 4.78 is 0. The van der Waals surface area contributed by atoms with E-state index in [4.69, 9.17) is 0 Å².